The number of ether oxygens (including phenoxy) is 1. The average Bonchev–Trinajstić information content (AvgIpc) is 3.60. The third-order valence-corrected chi connectivity index (χ3v) is 10.5. The van der Waals surface area contributed by atoms with Gasteiger partial charge in [0.2, 0.25) is 0 Å². The number of carbonyl (C=O) groups excluding carboxylic acids is 1. The maximum Gasteiger partial charge on any atom is 0.258 e. The predicted octanol–water partition coefficient (Wildman–Crippen LogP) is 7.01. The van der Waals surface area contributed by atoms with Gasteiger partial charge in [-0.3, -0.25) is 9.69 Å². The van der Waals surface area contributed by atoms with Gasteiger partial charge in [0.15, 0.2) is 11.7 Å². The second-order valence-electron chi connectivity index (χ2n) is 11.7. The van der Waals surface area contributed by atoms with Crippen molar-refractivity contribution in [3.63, 3.8) is 0 Å². The minimum absolute atomic E-state index is 0.000651. The van der Waals surface area contributed by atoms with E-state index in [1.165, 1.54) is 48.3 Å². The number of benzene rings is 1. The number of thiazole rings is 1. The lowest BCUT2D eigenvalue weighted by molar-refractivity contribution is -0.128. The van der Waals surface area contributed by atoms with E-state index in [-0.39, 0.29) is 24.1 Å². The van der Waals surface area contributed by atoms with E-state index in [0.717, 1.165) is 30.1 Å². The van der Waals surface area contributed by atoms with E-state index in [4.69, 9.17) is 10.5 Å². The van der Waals surface area contributed by atoms with E-state index < -0.39 is 0 Å². The van der Waals surface area contributed by atoms with Crippen molar-refractivity contribution < 1.29 is 9.53 Å². The molecule has 0 radical (unpaired) electrons. The van der Waals surface area contributed by atoms with E-state index in [1.54, 1.807) is 11.3 Å². The van der Waals surface area contributed by atoms with Crippen LogP contribution in [0.15, 0.2) is 47.8 Å². The van der Waals surface area contributed by atoms with E-state index in [1.807, 2.05) is 35.7 Å². The summed E-state index contributed by atoms with van der Waals surface area (Å²) in [5.74, 6) is 2.22. The van der Waals surface area contributed by atoms with Gasteiger partial charge in [0.05, 0.1) is 16.6 Å². The van der Waals surface area contributed by atoms with Crippen molar-refractivity contribution in [2.45, 2.75) is 70.9 Å². The number of nitrogens with one attached hydrogen (secondary N) is 1. The monoisotopic (exact) mass is 566 g/mol. The smallest absolute Gasteiger partial charge is 0.258 e. The molecule has 1 aromatic carbocycles. The second kappa shape index (κ2) is 12.4. The molecule has 5 rings (SSSR count). The molecule has 0 spiro atoms. The standard InChI is InChI=1S/C31H42N4O2S2/c1-21(2)24-13-12-22(3)18-31(24,35-16-8-5-9-17-35)29(34-28(36)19-37-23-10-6-4-7-11-23)27-15-14-26(39-27)25-20-38-30(32)33-25/h4,6-7,10-11,14-15,20-22,24,29H,5,8-9,12-13,16-19H2,1-3H3,(H2,32,33)(H,34,36). The number of para-hydroxylation sites is 1. The van der Waals surface area contributed by atoms with Crippen LogP contribution < -0.4 is 15.8 Å². The number of amides is 1. The fourth-order valence-corrected chi connectivity index (χ4v) is 8.74. The molecule has 1 saturated heterocycles. The molecule has 0 bridgehead atoms. The molecule has 1 amide bonds. The molecule has 3 heterocycles. The number of hydrogen-bond donors (Lipinski definition) is 2. The van der Waals surface area contributed by atoms with Gasteiger partial charge in [0.25, 0.3) is 5.91 Å². The van der Waals surface area contributed by atoms with Crippen LogP contribution in [0.5, 0.6) is 5.75 Å². The molecule has 2 aliphatic rings. The van der Waals surface area contributed by atoms with Crippen LogP contribution in [0, 0.1) is 17.8 Å². The largest absolute Gasteiger partial charge is 0.484 e. The number of nitrogens with zero attached hydrogens (tertiary/aromatic N) is 2. The predicted molar refractivity (Wildman–Crippen MR) is 162 cm³/mol. The molecule has 3 N–H and O–H groups in total. The van der Waals surface area contributed by atoms with Crippen molar-refractivity contribution in [2.24, 2.45) is 17.8 Å². The molecule has 1 saturated carbocycles. The molecule has 4 atom stereocenters. The summed E-state index contributed by atoms with van der Waals surface area (Å²) >= 11 is 3.21. The lowest BCUT2D eigenvalue weighted by Gasteiger charge is -2.59. The molecule has 1 aliphatic heterocycles. The van der Waals surface area contributed by atoms with Crippen LogP contribution in [0.2, 0.25) is 0 Å². The van der Waals surface area contributed by atoms with Gasteiger partial charge in [-0.2, -0.15) is 0 Å². The van der Waals surface area contributed by atoms with E-state index in [0.29, 0.717) is 28.6 Å². The van der Waals surface area contributed by atoms with Gasteiger partial charge in [-0.1, -0.05) is 51.8 Å². The second-order valence-corrected chi connectivity index (χ2v) is 13.7. The number of rotatable bonds is 9. The summed E-state index contributed by atoms with van der Waals surface area (Å²) in [6.07, 6.45) is 7.22. The van der Waals surface area contributed by atoms with Crippen molar-refractivity contribution in [1.82, 2.24) is 15.2 Å². The molecule has 1 aliphatic carbocycles. The lowest BCUT2D eigenvalue weighted by atomic mass is 9.60. The Balaban J connectivity index is 1.54. The zero-order valence-corrected chi connectivity index (χ0v) is 25.0. The van der Waals surface area contributed by atoms with Gasteiger partial charge < -0.3 is 15.8 Å². The Morgan fingerprint density at radius 1 is 1.15 bits per heavy atom. The minimum atomic E-state index is -0.155. The highest BCUT2D eigenvalue weighted by Gasteiger charge is 2.54. The molecule has 2 fully saturated rings. The van der Waals surface area contributed by atoms with Gasteiger partial charge in [-0.15, -0.1) is 22.7 Å². The topological polar surface area (TPSA) is 80.5 Å². The fraction of sp³-hybridized carbons (Fsp3) is 0.548. The van der Waals surface area contributed by atoms with Gasteiger partial charge in [-0.05, 0) is 80.8 Å². The van der Waals surface area contributed by atoms with Crippen LogP contribution in [0.25, 0.3) is 10.6 Å². The Kier molecular flexibility index (Phi) is 8.94. The SMILES string of the molecule is CC1CCC(C(C)C)C(C(NC(=O)COc2ccccc2)c2ccc(-c3csc(N)n3)s2)(N2CCCCC2)C1. The third kappa shape index (κ3) is 6.18. The maximum atomic E-state index is 13.6. The Morgan fingerprint density at radius 3 is 2.62 bits per heavy atom. The van der Waals surface area contributed by atoms with Crippen LogP contribution in [-0.4, -0.2) is 41.0 Å². The van der Waals surface area contributed by atoms with Crippen LogP contribution in [0.4, 0.5) is 5.13 Å². The number of carbonyl (C=O) groups is 1. The molecule has 6 nitrogen and oxygen atoms in total. The number of likely N-dealkylation sites (tertiary alicyclic amines) is 1. The zero-order valence-electron chi connectivity index (χ0n) is 23.4. The minimum Gasteiger partial charge on any atom is -0.484 e. The van der Waals surface area contributed by atoms with Crippen LogP contribution in [-0.2, 0) is 4.79 Å². The van der Waals surface area contributed by atoms with Crippen molar-refractivity contribution in [3.8, 4) is 16.3 Å². The van der Waals surface area contributed by atoms with E-state index in [9.17, 15) is 4.79 Å². The Bertz CT molecular complexity index is 1220. The summed E-state index contributed by atoms with van der Waals surface area (Å²) in [6, 6.07) is 13.8. The Hall–Kier alpha value is -2.42. The summed E-state index contributed by atoms with van der Waals surface area (Å²) in [4.78, 5) is 23.2. The average molecular weight is 567 g/mol. The molecular weight excluding hydrogens is 525 g/mol. The molecule has 2 aromatic heterocycles. The van der Waals surface area contributed by atoms with Crippen LogP contribution in [0.3, 0.4) is 0 Å². The summed E-state index contributed by atoms with van der Waals surface area (Å²) in [5, 5.41) is 6.15. The zero-order chi connectivity index (χ0) is 27.4. The Morgan fingerprint density at radius 2 is 1.92 bits per heavy atom. The Labute approximate surface area is 241 Å². The number of thiophene rings is 1. The quantitative estimate of drug-likeness (QED) is 0.291. The number of piperidine rings is 1. The maximum absolute atomic E-state index is 13.6. The summed E-state index contributed by atoms with van der Waals surface area (Å²) in [5.41, 5.74) is 6.72. The van der Waals surface area contributed by atoms with Crippen molar-refractivity contribution in [2.75, 3.05) is 25.4 Å². The summed E-state index contributed by atoms with van der Waals surface area (Å²) in [7, 11) is 0. The third-order valence-electron chi connectivity index (χ3n) is 8.64. The molecule has 39 heavy (non-hydrogen) atoms. The first kappa shape index (κ1) is 28.1. The first-order valence-corrected chi connectivity index (χ1v) is 16.1. The summed E-state index contributed by atoms with van der Waals surface area (Å²) < 4.78 is 5.90. The number of hydrogen-bond acceptors (Lipinski definition) is 7. The van der Waals surface area contributed by atoms with Crippen molar-refractivity contribution in [1.29, 1.82) is 0 Å². The highest BCUT2D eigenvalue weighted by molar-refractivity contribution is 7.17. The first-order valence-electron chi connectivity index (χ1n) is 14.4. The van der Waals surface area contributed by atoms with Gasteiger partial charge in [0, 0.05) is 15.8 Å². The molecule has 210 valence electrons. The highest BCUT2D eigenvalue weighted by Crippen LogP contribution is 2.53. The number of aromatic nitrogens is 1. The van der Waals surface area contributed by atoms with Crippen LogP contribution in [0.1, 0.15) is 70.2 Å². The van der Waals surface area contributed by atoms with E-state index in [2.05, 4.69) is 48.1 Å². The lowest BCUT2D eigenvalue weighted by Crippen LogP contribution is -2.65. The fourth-order valence-electron chi connectivity index (χ4n) is 6.98. The van der Waals surface area contributed by atoms with Crippen molar-refractivity contribution >= 4 is 33.7 Å². The summed E-state index contributed by atoms with van der Waals surface area (Å²) in [6.45, 7) is 9.31. The van der Waals surface area contributed by atoms with Gasteiger partial charge in [0.1, 0.15) is 5.75 Å². The number of nitrogen functional groups attached to an aromatic ring is 1. The van der Waals surface area contributed by atoms with E-state index >= 15 is 0 Å². The van der Waals surface area contributed by atoms with Crippen LogP contribution >= 0.6 is 22.7 Å². The molecule has 8 heteroatoms. The molecular formula is C31H42N4O2S2. The number of anilines is 1. The van der Waals surface area contributed by atoms with Gasteiger partial charge >= 0.3 is 0 Å². The number of nitrogens with two attached hydrogens (primary N) is 1. The normalized spacial score (nSPS) is 24.9. The highest BCUT2D eigenvalue weighted by atomic mass is 32.1. The van der Waals surface area contributed by atoms with Crippen molar-refractivity contribution in [3.05, 3.63) is 52.7 Å². The van der Waals surface area contributed by atoms with Gasteiger partial charge in [-0.25, -0.2) is 4.98 Å². The first-order chi connectivity index (χ1) is 18.9. The molecule has 3 aromatic rings. The molecule has 4 unspecified atom stereocenters.